The minimum Gasteiger partial charge on any atom is -0.396 e. The number of aliphatic hydroxyl groups is 1. The number of morpholine rings is 1. The molecule has 2 unspecified atom stereocenters. The number of likely N-dealkylation sites (N-methyl/N-ethyl adjacent to an activating group) is 1. The Kier molecular flexibility index (Phi) is 4.94. The number of nitrogens with two attached hydrogens (primary N) is 1. The van der Waals surface area contributed by atoms with E-state index in [1.54, 1.807) is 17.9 Å². The van der Waals surface area contributed by atoms with Crippen LogP contribution in [0, 0.1) is 0 Å². The molecule has 0 aromatic carbocycles. The number of β-amino-alcohol motifs (C(OH)–C–C–N with tert-alkyl or cyclic N) is 1. The van der Waals surface area contributed by atoms with E-state index in [2.05, 4.69) is 10.4 Å². The lowest BCUT2D eigenvalue weighted by molar-refractivity contribution is -0.133. The molecule has 0 aliphatic carbocycles. The third-order valence-corrected chi connectivity index (χ3v) is 3.28. The van der Waals surface area contributed by atoms with Crippen molar-refractivity contribution in [2.45, 2.75) is 18.7 Å². The molecule has 8 nitrogen and oxygen atoms in total. The molecule has 2 atom stereocenters. The van der Waals surface area contributed by atoms with Crippen molar-refractivity contribution in [2.24, 2.45) is 0 Å². The molecule has 1 fully saturated rings. The highest BCUT2D eigenvalue weighted by atomic mass is 16.5. The molecule has 0 bridgehead atoms. The highest BCUT2D eigenvalue weighted by Gasteiger charge is 2.30. The first kappa shape index (κ1) is 14.8. The van der Waals surface area contributed by atoms with Crippen molar-refractivity contribution in [1.29, 1.82) is 0 Å². The van der Waals surface area contributed by atoms with Crippen LogP contribution in [0.2, 0.25) is 0 Å². The van der Waals surface area contributed by atoms with E-state index in [4.69, 9.17) is 10.5 Å². The number of aromatic nitrogens is 2. The summed E-state index contributed by atoms with van der Waals surface area (Å²) in [6, 6.07) is -0.355. The first-order valence-corrected chi connectivity index (χ1v) is 6.59. The first-order valence-electron chi connectivity index (χ1n) is 6.59. The molecule has 1 aliphatic heterocycles. The van der Waals surface area contributed by atoms with Crippen LogP contribution in [0.25, 0.3) is 0 Å². The van der Waals surface area contributed by atoms with Crippen LogP contribution in [0.15, 0.2) is 12.4 Å². The van der Waals surface area contributed by atoms with Gasteiger partial charge in [0.25, 0.3) is 0 Å². The molecule has 8 heteroatoms. The lowest BCUT2D eigenvalue weighted by Gasteiger charge is -2.35. The van der Waals surface area contributed by atoms with E-state index in [1.807, 2.05) is 4.90 Å². The van der Waals surface area contributed by atoms with Gasteiger partial charge in [-0.3, -0.25) is 14.4 Å². The van der Waals surface area contributed by atoms with E-state index in [0.717, 1.165) is 0 Å². The van der Waals surface area contributed by atoms with Crippen molar-refractivity contribution < 1.29 is 14.6 Å². The fourth-order valence-corrected chi connectivity index (χ4v) is 2.29. The highest BCUT2D eigenvalue weighted by Crippen LogP contribution is 2.09. The Morgan fingerprint density at radius 3 is 3.15 bits per heavy atom. The zero-order chi connectivity index (χ0) is 14.5. The standard InChI is InChI=1S/C12H21N5O3/c1-14-12(19)11-8-20-3-2-16(11)6-10(18)7-17-5-9(13)4-15-17/h4-5,10-11,18H,2-3,6-8,13H2,1H3,(H,14,19). The summed E-state index contributed by atoms with van der Waals surface area (Å²) in [6.07, 6.45) is 2.58. The number of amides is 1. The third-order valence-electron chi connectivity index (χ3n) is 3.28. The number of anilines is 1. The first-order chi connectivity index (χ1) is 9.60. The van der Waals surface area contributed by atoms with Crippen LogP contribution in [0.4, 0.5) is 5.69 Å². The molecule has 2 rings (SSSR count). The predicted molar refractivity (Wildman–Crippen MR) is 72.9 cm³/mol. The number of nitrogens with zero attached hydrogens (tertiary/aromatic N) is 3. The average Bonchev–Trinajstić information content (AvgIpc) is 2.83. The molecule has 0 saturated carbocycles. The Bertz CT molecular complexity index is 450. The SMILES string of the molecule is CNC(=O)C1COCCN1CC(O)Cn1cc(N)cn1. The van der Waals surface area contributed by atoms with Crippen molar-refractivity contribution in [3.05, 3.63) is 12.4 Å². The summed E-state index contributed by atoms with van der Waals surface area (Å²) in [4.78, 5) is 13.7. The van der Waals surface area contributed by atoms with Crippen molar-refractivity contribution in [3.63, 3.8) is 0 Å². The molecule has 0 radical (unpaired) electrons. The van der Waals surface area contributed by atoms with Gasteiger partial charge in [0, 0.05) is 26.3 Å². The summed E-state index contributed by atoms with van der Waals surface area (Å²) >= 11 is 0. The second-order valence-electron chi connectivity index (χ2n) is 4.85. The van der Waals surface area contributed by atoms with Crippen molar-refractivity contribution in [1.82, 2.24) is 20.0 Å². The number of ether oxygens (including phenoxy) is 1. The van der Waals surface area contributed by atoms with Crippen LogP contribution in [-0.4, -0.2) is 71.2 Å². The monoisotopic (exact) mass is 283 g/mol. The molecule has 2 heterocycles. The van der Waals surface area contributed by atoms with Gasteiger partial charge in [-0.1, -0.05) is 0 Å². The number of rotatable bonds is 5. The minimum atomic E-state index is -0.625. The van der Waals surface area contributed by atoms with Gasteiger partial charge in [0.05, 0.1) is 37.7 Å². The van der Waals surface area contributed by atoms with E-state index >= 15 is 0 Å². The molecule has 0 spiro atoms. The normalized spacial score (nSPS) is 21.6. The number of aliphatic hydroxyl groups excluding tert-OH is 1. The third kappa shape index (κ3) is 3.69. The summed E-state index contributed by atoms with van der Waals surface area (Å²) in [6.45, 7) is 2.27. The molecular weight excluding hydrogens is 262 g/mol. The summed E-state index contributed by atoms with van der Waals surface area (Å²) < 4.78 is 6.91. The zero-order valence-corrected chi connectivity index (χ0v) is 11.5. The number of hydrogen-bond acceptors (Lipinski definition) is 6. The predicted octanol–water partition coefficient (Wildman–Crippen LogP) is -1.73. The molecule has 1 amide bonds. The quantitative estimate of drug-likeness (QED) is 0.593. The lowest BCUT2D eigenvalue weighted by atomic mass is 10.2. The maximum Gasteiger partial charge on any atom is 0.239 e. The largest absolute Gasteiger partial charge is 0.396 e. The second-order valence-corrected chi connectivity index (χ2v) is 4.85. The second kappa shape index (κ2) is 6.69. The maximum atomic E-state index is 11.8. The van der Waals surface area contributed by atoms with E-state index in [1.165, 1.54) is 6.20 Å². The van der Waals surface area contributed by atoms with E-state index in [0.29, 0.717) is 38.5 Å². The minimum absolute atomic E-state index is 0.0970. The van der Waals surface area contributed by atoms with Crippen molar-refractivity contribution in [3.8, 4) is 0 Å². The molecule has 112 valence electrons. The fraction of sp³-hybridized carbons (Fsp3) is 0.667. The Labute approximate surface area is 117 Å². The van der Waals surface area contributed by atoms with Gasteiger partial charge < -0.3 is 20.9 Å². The Morgan fingerprint density at radius 2 is 2.50 bits per heavy atom. The Morgan fingerprint density at radius 1 is 1.70 bits per heavy atom. The molecule has 1 aromatic rings. The summed E-state index contributed by atoms with van der Waals surface area (Å²) in [5.74, 6) is -0.0970. The lowest BCUT2D eigenvalue weighted by Crippen LogP contribution is -2.55. The average molecular weight is 283 g/mol. The van der Waals surface area contributed by atoms with E-state index < -0.39 is 6.10 Å². The van der Waals surface area contributed by atoms with Crippen LogP contribution in [0.3, 0.4) is 0 Å². The molecule has 1 aliphatic rings. The van der Waals surface area contributed by atoms with Crippen LogP contribution in [0.5, 0.6) is 0 Å². The smallest absolute Gasteiger partial charge is 0.239 e. The van der Waals surface area contributed by atoms with Gasteiger partial charge in [-0.2, -0.15) is 5.10 Å². The van der Waals surface area contributed by atoms with Gasteiger partial charge in [-0.15, -0.1) is 0 Å². The topological polar surface area (TPSA) is 106 Å². The fourth-order valence-electron chi connectivity index (χ4n) is 2.29. The van der Waals surface area contributed by atoms with Gasteiger partial charge in [0.15, 0.2) is 0 Å². The summed E-state index contributed by atoms with van der Waals surface area (Å²) in [5.41, 5.74) is 6.14. The van der Waals surface area contributed by atoms with Crippen LogP contribution < -0.4 is 11.1 Å². The Hall–Kier alpha value is -1.64. The maximum absolute atomic E-state index is 11.8. The van der Waals surface area contributed by atoms with Gasteiger partial charge in [-0.05, 0) is 0 Å². The van der Waals surface area contributed by atoms with E-state index in [-0.39, 0.29) is 11.9 Å². The highest BCUT2D eigenvalue weighted by molar-refractivity contribution is 5.81. The number of hydrogen-bond donors (Lipinski definition) is 3. The molecule has 4 N–H and O–H groups in total. The molecule has 20 heavy (non-hydrogen) atoms. The van der Waals surface area contributed by atoms with Crippen LogP contribution >= 0.6 is 0 Å². The van der Waals surface area contributed by atoms with Gasteiger partial charge >= 0.3 is 0 Å². The number of carbonyl (C=O) groups is 1. The van der Waals surface area contributed by atoms with Crippen molar-refractivity contribution in [2.75, 3.05) is 39.1 Å². The molecule has 1 aromatic heterocycles. The summed E-state index contributed by atoms with van der Waals surface area (Å²) in [5, 5.41) is 16.8. The molecule has 1 saturated heterocycles. The van der Waals surface area contributed by atoms with Gasteiger partial charge in [0.2, 0.25) is 5.91 Å². The number of carbonyl (C=O) groups excluding carboxylic acids is 1. The van der Waals surface area contributed by atoms with Gasteiger partial charge in [0.1, 0.15) is 6.04 Å². The van der Waals surface area contributed by atoms with Gasteiger partial charge in [-0.25, -0.2) is 0 Å². The van der Waals surface area contributed by atoms with Crippen molar-refractivity contribution >= 4 is 11.6 Å². The Balaban J connectivity index is 1.90. The number of nitrogens with one attached hydrogen (secondary N) is 1. The van der Waals surface area contributed by atoms with Crippen LogP contribution in [0.1, 0.15) is 0 Å². The number of nitrogen functional groups attached to an aromatic ring is 1. The summed E-state index contributed by atoms with van der Waals surface area (Å²) in [7, 11) is 1.60. The molecular formula is C12H21N5O3. The van der Waals surface area contributed by atoms with Crippen LogP contribution in [-0.2, 0) is 16.1 Å². The zero-order valence-electron chi connectivity index (χ0n) is 11.5. The van der Waals surface area contributed by atoms with E-state index in [9.17, 15) is 9.90 Å².